The van der Waals surface area contributed by atoms with E-state index in [9.17, 15) is 9.18 Å². The number of hydrogen-bond donors (Lipinski definition) is 3. The number of hydrogen-bond acceptors (Lipinski definition) is 3. The molecule has 1 amide bonds. The average molecular weight is 255 g/mol. The van der Waals surface area contributed by atoms with Gasteiger partial charge < -0.3 is 11.1 Å². The topological polar surface area (TPSA) is 83.8 Å². The van der Waals surface area contributed by atoms with Crippen LogP contribution < -0.4 is 11.1 Å². The highest BCUT2D eigenvalue weighted by Crippen LogP contribution is 2.19. The van der Waals surface area contributed by atoms with E-state index in [1.54, 1.807) is 0 Å². The molecule has 88 valence electrons. The number of carbonyl (C=O) groups is 1. The maximum Gasteiger partial charge on any atom is 0.261 e. The molecule has 1 aromatic carbocycles. The lowest BCUT2D eigenvalue weighted by Gasteiger charge is -2.04. The van der Waals surface area contributed by atoms with Crippen molar-refractivity contribution in [3.05, 3.63) is 40.8 Å². The number of amides is 1. The number of rotatable bonds is 2. The van der Waals surface area contributed by atoms with Crippen molar-refractivity contribution in [2.45, 2.75) is 0 Å². The molecule has 0 atom stereocenters. The third-order valence-electron chi connectivity index (χ3n) is 2.09. The second-order valence-corrected chi connectivity index (χ2v) is 3.69. The standard InChI is InChI=1S/C10H8ClFN4O/c11-7-2-1-5(3-8(7)12)15-10(17)6-4-14-16-9(6)13/h1-4H,(H,15,17)(H3,13,14,16). The summed E-state index contributed by atoms with van der Waals surface area (Å²) >= 11 is 5.52. The molecule has 0 saturated carbocycles. The van der Waals surface area contributed by atoms with Gasteiger partial charge in [0, 0.05) is 5.69 Å². The predicted octanol–water partition coefficient (Wildman–Crippen LogP) is 2.04. The molecule has 5 nitrogen and oxygen atoms in total. The van der Waals surface area contributed by atoms with Gasteiger partial charge in [0.1, 0.15) is 17.2 Å². The number of nitrogen functional groups attached to an aromatic ring is 1. The summed E-state index contributed by atoms with van der Waals surface area (Å²) < 4.78 is 13.1. The summed E-state index contributed by atoms with van der Waals surface area (Å²) in [5, 5.41) is 8.50. The SMILES string of the molecule is Nc1[nH]ncc1C(=O)Nc1ccc(Cl)c(F)c1. The van der Waals surface area contributed by atoms with Crippen molar-refractivity contribution in [2.24, 2.45) is 0 Å². The second-order valence-electron chi connectivity index (χ2n) is 3.28. The van der Waals surface area contributed by atoms with Crippen molar-refractivity contribution >= 4 is 29.0 Å². The lowest BCUT2D eigenvalue weighted by molar-refractivity contribution is 0.102. The molecule has 0 bridgehead atoms. The molecule has 0 aliphatic rings. The Labute approximate surface area is 101 Å². The van der Waals surface area contributed by atoms with E-state index < -0.39 is 11.7 Å². The zero-order valence-electron chi connectivity index (χ0n) is 8.50. The first-order valence-electron chi connectivity index (χ1n) is 4.63. The van der Waals surface area contributed by atoms with Crippen molar-refractivity contribution in [1.82, 2.24) is 10.2 Å². The first kappa shape index (κ1) is 11.4. The van der Waals surface area contributed by atoms with Gasteiger partial charge in [-0.05, 0) is 18.2 Å². The van der Waals surface area contributed by atoms with Gasteiger partial charge >= 0.3 is 0 Å². The number of aromatic amines is 1. The second kappa shape index (κ2) is 4.42. The summed E-state index contributed by atoms with van der Waals surface area (Å²) in [7, 11) is 0. The summed E-state index contributed by atoms with van der Waals surface area (Å²) in [6.07, 6.45) is 1.29. The maximum absolute atomic E-state index is 13.1. The molecule has 4 N–H and O–H groups in total. The van der Waals surface area contributed by atoms with Crippen LogP contribution in [0.15, 0.2) is 24.4 Å². The van der Waals surface area contributed by atoms with Gasteiger partial charge in [0.2, 0.25) is 0 Å². The normalized spacial score (nSPS) is 10.2. The van der Waals surface area contributed by atoms with Crippen LogP contribution in [0.1, 0.15) is 10.4 Å². The zero-order chi connectivity index (χ0) is 12.4. The number of H-pyrrole nitrogens is 1. The molecule has 7 heteroatoms. The quantitative estimate of drug-likeness (QED) is 0.767. The van der Waals surface area contributed by atoms with Crippen LogP contribution in [0.5, 0.6) is 0 Å². The number of halogens is 2. The van der Waals surface area contributed by atoms with Crippen molar-refractivity contribution in [3.8, 4) is 0 Å². The van der Waals surface area contributed by atoms with Crippen LogP contribution in [0.4, 0.5) is 15.9 Å². The zero-order valence-corrected chi connectivity index (χ0v) is 9.25. The van der Waals surface area contributed by atoms with Crippen molar-refractivity contribution in [3.63, 3.8) is 0 Å². The summed E-state index contributed by atoms with van der Waals surface area (Å²) in [6, 6.07) is 3.96. The number of aromatic nitrogens is 2. The minimum atomic E-state index is -0.607. The number of anilines is 2. The average Bonchev–Trinajstić information content (AvgIpc) is 2.70. The van der Waals surface area contributed by atoms with Crippen LogP contribution in [0, 0.1) is 5.82 Å². The molecule has 17 heavy (non-hydrogen) atoms. The maximum atomic E-state index is 13.1. The van der Waals surface area contributed by atoms with Gasteiger partial charge in [-0.3, -0.25) is 9.89 Å². The van der Waals surface area contributed by atoms with Gasteiger partial charge in [-0.2, -0.15) is 5.10 Å². The Kier molecular flexibility index (Phi) is 2.97. The number of nitrogens with zero attached hydrogens (tertiary/aromatic N) is 1. The molecule has 0 aliphatic heterocycles. The van der Waals surface area contributed by atoms with Crippen LogP contribution in [-0.2, 0) is 0 Å². The van der Waals surface area contributed by atoms with E-state index in [4.69, 9.17) is 17.3 Å². The van der Waals surface area contributed by atoms with Crippen molar-refractivity contribution in [2.75, 3.05) is 11.1 Å². The highest BCUT2D eigenvalue weighted by atomic mass is 35.5. The molecule has 2 aromatic rings. The first-order valence-corrected chi connectivity index (χ1v) is 5.01. The third kappa shape index (κ3) is 2.36. The smallest absolute Gasteiger partial charge is 0.261 e. The van der Waals surface area contributed by atoms with E-state index in [0.717, 1.165) is 6.07 Å². The van der Waals surface area contributed by atoms with Crippen LogP contribution >= 0.6 is 11.6 Å². The van der Waals surface area contributed by atoms with Crippen molar-refractivity contribution < 1.29 is 9.18 Å². The van der Waals surface area contributed by atoms with E-state index in [-0.39, 0.29) is 22.1 Å². The molecule has 0 radical (unpaired) electrons. The van der Waals surface area contributed by atoms with Crippen LogP contribution in [0.2, 0.25) is 5.02 Å². The highest BCUT2D eigenvalue weighted by molar-refractivity contribution is 6.30. The summed E-state index contributed by atoms with van der Waals surface area (Å²) in [5.74, 6) is -0.931. The van der Waals surface area contributed by atoms with Gasteiger partial charge in [-0.25, -0.2) is 4.39 Å². The lowest BCUT2D eigenvalue weighted by atomic mass is 10.2. The Bertz CT molecular complexity index is 569. The Morgan fingerprint density at radius 1 is 1.53 bits per heavy atom. The Hall–Kier alpha value is -2.08. The van der Waals surface area contributed by atoms with E-state index >= 15 is 0 Å². The van der Waals surface area contributed by atoms with E-state index in [1.165, 1.54) is 18.3 Å². The molecule has 0 saturated heterocycles. The predicted molar refractivity (Wildman–Crippen MR) is 62.4 cm³/mol. The molecular formula is C10H8ClFN4O. The van der Waals surface area contributed by atoms with E-state index in [1.807, 2.05) is 0 Å². The van der Waals surface area contributed by atoms with Gasteiger partial charge in [-0.15, -0.1) is 0 Å². The van der Waals surface area contributed by atoms with E-state index in [0.29, 0.717) is 0 Å². The van der Waals surface area contributed by atoms with Gasteiger partial charge in [0.25, 0.3) is 5.91 Å². The monoisotopic (exact) mass is 254 g/mol. The first-order chi connectivity index (χ1) is 8.08. The molecule has 1 heterocycles. The third-order valence-corrected chi connectivity index (χ3v) is 2.40. The number of nitrogens with one attached hydrogen (secondary N) is 2. The minimum Gasteiger partial charge on any atom is -0.383 e. The minimum absolute atomic E-state index is 0.00850. The van der Waals surface area contributed by atoms with Gasteiger partial charge in [0.15, 0.2) is 0 Å². The fourth-order valence-electron chi connectivity index (χ4n) is 1.25. The van der Waals surface area contributed by atoms with E-state index in [2.05, 4.69) is 15.5 Å². The molecular weight excluding hydrogens is 247 g/mol. The fraction of sp³-hybridized carbons (Fsp3) is 0. The number of carbonyl (C=O) groups excluding carboxylic acids is 1. The van der Waals surface area contributed by atoms with Crippen LogP contribution in [-0.4, -0.2) is 16.1 Å². The summed E-state index contributed by atoms with van der Waals surface area (Å²) in [5.41, 5.74) is 5.96. The van der Waals surface area contributed by atoms with Crippen LogP contribution in [0.3, 0.4) is 0 Å². The molecule has 0 aliphatic carbocycles. The van der Waals surface area contributed by atoms with Gasteiger partial charge in [0.05, 0.1) is 11.2 Å². The molecule has 0 fully saturated rings. The fourth-order valence-corrected chi connectivity index (χ4v) is 1.37. The molecule has 0 unspecified atom stereocenters. The van der Waals surface area contributed by atoms with Crippen LogP contribution in [0.25, 0.3) is 0 Å². The molecule has 1 aromatic heterocycles. The van der Waals surface area contributed by atoms with Crippen molar-refractivity contribution in [1.29, 1.82) is 0 Å². The highest BCUT2D eigenvalue weighted by Gasteiger charge is 2.12. The summed E-state index contributed by atoms with van der Waals surface area (Å²) in [6.45, 7) is 0. The Morgan fingerprint density at radius 3 is 2.88 bits per heavy atom. The van der Waals surface area contributed by atoms with Gasteiger partial charge in [-0.1, -0.05) is 11.6 Å². The largest absolute Gasteiger partial charge is 0.383 e. The lowest BCUT2D eigenvalue weighted by Crippen LogP contribution is -2.13. The molecule has 2 rings (SSSR count). The number of benzene rings is 1. The summed E-state index contributed by atoms with van der Waals surface area (Å²) in [4.78, 5) is 11.7. The Balaban J connectivity index is 2.19. The Morgan fingerprint density at radius 2 is 2.29 bits per heavy atom. The molecule has 0 spiro atoms. The number of nitrogens with two attached hydrogens (primary N) is 1.